The lowest BCUT2D eigenvalue weighted by Crippen LogP contribution is -2.08. The quantitative estimate of drug-likeness (QED) is 0.0688. The molecular weight excluding hydrogens is 458 g/mol. The van der Waals surface area contributed by atoms with E-state index >= 15 is 0 Å². The molecule has 0 aliphatic rings. The van der Waals surface area contributed by atoms with E-state index in [1.54, 1.807) is 36.4 Å². The number of esters is 1. The Hall–Kier alpha value is -4.44. The zero-order chi connectivity index (χ0) is 25.5. The van der Waals surface area contributed by atoms with Crippen LogP contribution in [0.4, 0.5) is 5.69 Å². The van der Waals surface area contributed by atoms with Crippen molar-refractivity contribution in [3.8, 4) is 11.5 Å². The minimum atomic E-state index is -0.400. The first-order chi connectivity index (χ1) is 18.2. The van der Waals surface area contributed by atoms with Crippen LogP contribution in [0.15, 0.2) is 108 Å². The summed E-state index contributed by atoms with van der Waals surface area (Å²) < 4.78 is 11.2. The van der Waals surface area contributed by atoms with Crippen molar-refractivity contribution >= 4 is 39.4 Å². The molecular formula is C33H29NO3. The molecule has 5 aromatic rings. The van der Waals surface area contributed by atoms with E-state index in [1.165, 1.54) is 16.2 Å². The number of carbonyl (C=O) groups excluding carboxylic acids is 1. The second kappa shape index (κ2) is 11.5. The lowest BCUT2D eigenvalue weighted by atomic mass is 10.0. The van der Waals surface area contributed by atoms with Gasteiger partial charge in [0, 0.05) is 6.21 Å². The third-order valence-corrected chi connectivity index (χ3v) is 6.25. The SMILES string of the molecule is CCCCCOc1ccc(C(=O)Oc2ccc(C=Nc3ccc4cc5ccccc5cc4c3)cc2)cc1. The minimum Gasteiger partial charge on any atom is -0.494 e. The Kier molecular flexibility index (Phi) is 7.56. The van der Waals surface area contributed by atoms with Crippen LogP contribution in [0.25, 0.3) is 21.5 Å². The molecule has 0 saturated heterocycles. The lowest BCUT2D eigenvalue weighted by molar-refractivity contribution is 0.0734. The number of hydrogen-bond acceptors (Lipinski definition) is 4. The van der Waals surface area contributed by atoms with Gasteiger partial charge in [0.05, 0.1) is 17.9 Å². The van der Waals surface area contributed by atoms with Crippen molar-refractivity contribution in [1.29, 1.82) is 0 Å². The summed E-state index contributed by atoms with van der Waals surface area (Å²) in [6.45, 7) is 2.85. The van der Waals surface area contributed by atoms with Crippen molar-refractivity contribution in [2.75, 3.05) is 6.61 Å². The van der Waals surface area contributed by atoms with Gasteiger partial charge in [0.15, 0.2) is 0 Å². The zero-order valence-electron chi connectivity index (χ0n) is 20.9. The Morgan fingerprint density at radius 3 is 2.14 bits per heavy atom. The highest BCUT2D eigenvalue weighted by Crippen LogP contribution is 2.26. The molecule has 0 N–H and O–H groups in total. The third kappa shape index (κ3) is 6.22. The molecule has 0 amide bonds. The predicted molar refractivity (Wildman–Crippen MR) is 152 cm³/mol. The number of hydrogen-bond donors (Lipinski definition) is 0. The molecule has 0 bridgehead atoms. The van der Waals surface area contributed by atoms with Gasteiger partial charge in [0.2, 0.25) is 0 Å². The number of carbonyl (C=O) groups is 1. The van der Waals surface area contributed by atoms with Gasteiger partial charge in [-0.05, 0) is 106 Å². The minimum absolute atomic E-state index is 0.400. The van der Waals surface area contributed by atoms with Crippen LogP contribution in [0.1, 0.15) is 42.1 Å². The van der Waals surface area contributed by atoms with E-state index in [1.807, 2.05) is 24.4 Å². The van der Waals surface area contributed by atoms with E-state index < -0.39 is 5.97 Å². The number of fused-ring (bicyclic) bond motifs is 2. The van der Waals surface area contributed by atoms with Crippen molar-refractivity contribution in [2.45, 2.75) is 26.2 Å². The largest absolute Gasteiger partial charge is 0.494 e. The van der Waals surface area contributed by atoms with Gasteiger partial charge in [-0.25, -0.2) is 4.79 Å². The Labute approximate surface area is 217 Å². The van der Waals surface area contributed by atoms with Gasteiger partial charge >= 0.3 is 5.97 Å². The number of ether oxygens (including phenoxy) is 2. The van der Waals surface area contributed by atoms with Gasteiger partial charge in [-0.15, -0.1) is 0 Å². The van der Waals surface area contributed by atoms with E-state index in [9.17, 15) is 4.79 Å². The summed E-state index contributed by atoms with van der Waals surface area (Å²) in [5.74, 6) is 0.846. The van der Waals surface area contributed by atoms with Crippen molar-refractivity contribution in [1.82, 2.24) is 0 Å². The van der Waals surface area contributed by atoms with Crippen molar-refractivity contribution in [2.24, 2.45) is 4.99 Å². The van der Waals surface area contributed by atoms with Crippen LogP contribution in [0.2, 0.25) is 0 Å². The van der Waals surface area contributed by atoms with Crippen molar-refractivity contribution < 1.29 is 14.3 Å². The average molecular weight is 488 g/mol. The molecule has 4 heteroatoms. The summed E-state index contributed by atoms with van der Waals surface area (Å²) in [6, 6.07) is 33.3. The molecule has 0 unspecified atom stereocenters. The van der Waals surface area contributed by atoms with E-state index in [0.29, 0.717) is 17.9 Å². The van der Waals surface area contributed by atoms with Gasteiger partial charge in [0.1, 0.15) is 11.5 Å². The second-order valence-electron chi connectivity index (χ2n) is 9.03. The van der Waals surface area contributed by atoms with Crippen LogP contribution in [0, 0.1) is 0 Å². The number of nitrogens with zero attached hydrogens (tertiary/aromatic N) is 1. The highest BCUT2D eigenvalue weighted by Gasteiger charge is 2.09. The molecule has 0 atom stereocenters. The first-order valence-corrected chi connectivity index (χ1v) is 12.7. The van der Waals surface area contributed by atoms with Crippen LogP contribution >= 0.6 is 0 Å². The van der Waals surface area contributed by atoms with Gasteiger partial charge in [-0.1, -0.05) is 50.1 Å². The van der Waals surface area contributed by atoms with E-state index in [0.717, 1.165) is 41.6 Å². The van der Waals surface area contributed by atoms with Gasteiger partial charge in [-0.2, -0.15) is 0 Å². The van der Waals surface area contributed by atoms with Crippen LogP contribution in [-0.4, -0.2) is 18.8 Å². The fourth-order valence-electron chi connectivity index (χ4n) is 4.17. The average Bonchev–Trinajstić information content (AvgIpc) is 2.94. The maximum absolute atomic E-state index is 12.5. The second-order valence-corrected chi connectivity index (χ2v) is 9.03. The Morgan fingerprint density at radius 1 is 0.730 bits per heavy atom. The molecule has 0 radical (unpaired) electrons. The first kappa shape index (κ1) is 24.3. The summed E-state index contributed by atoms with van der Waals surface area (Å²) in [7, 11) is 0. The molecule has 37 heavy (non-hydrogen) atoms. The standard InChI is InChI=1S/C33H29NO3/c1-2-3-6-19-36-31-17-12-25(13-18-31)33(35)37-32-15-9-24(10-16-32)23-34-30-14-11-28-20-26-7-4-5-8-27(26)21-29(28)22-30/h4-5,7-18,20-23H,2-3,6,19H2,1H3. The van der Waals surface area contributed by atoms with E-state index in [4.69, 9.17) is 9.47 Å². The Balaban J connectivity index is 1.20. The van der Waals surface area contributed by atoms with Crippen molar-refractivity contribution in [3.63, 3.8) is 0 Å². The Bertz CT molecular complexity index is 1540. The maximum Gasteiger partial charge on any atom is 0.343 e. The van der Waals surface area contributed by atoms with Crippen LogP contribution < -0.4 is 9.47 Å². The molecule has 0 spiro atoms. The van der Waals surface area contributed by atoms with Gasteiger partial charge in [0.25, 0.3) is 0 Å². The maximum atomic E-state index is 12.5. The lowest BCUT2D eigenvalue weighted by Gasteiger charge is -2.07. The number of unbranched alkanes of at least 4 members (excludes halogenated alkanes) is 2. The zero-order valence-corrected chi connectivity index (χ0v) is 20.9. The first-order valence-electron chi connectivity index (χ1n) is 12.7. The van der Waals surface area contributed by atoms with Crippen LogP contribution in [0.5, 0.6) is 11.5 Å². The molecule has 4 nitrogen and oxygen atoms in total. The molecule has 5 rings (SSSR count). The number of aliphatic imine (C=N–C) groups is 1. The number of rotatable bonds is 9. The summed E-state index contributed by atoms with van der Waals surface area (Å²) in [4.78, 5) is 17.2. The monoisotopic (exact) mass is 487 g/mol. The molecule has 0 aliphatic carbocycles. The highest BCUT2D eigenvalue weighted by molar-refractivity contribution is 5.99. The molecule has 0 fully saturated rings. The van der Waals surface area contributed by atoms with E-state index in [2.05, 4.69) is 60.4 Å². The summed E-state index contributed by atoms with van der Waals surface area (Å²) >= 11 is 0. The topological polar surface area (TPSA) is 47.9 Å². The smallest absolute Gasteiger partial charge is 0.343 e. The molecule has 0 saturated carbocycles. The van der Waals surface area contributed by atoms with Crippen LogP contribution in [0.3, 0.4) is 0 Å². The summed E-state index contributed by atoms with van der Waals surface area (Å²) in [5, 5.41) is 4.80. The third-order valence-electron chi connectivity index (χ3n) is 6.25. The number of benzene rings is 5. The predicted octanol–water partition coefficient (Wildman–Crippen LogP) is 8.53. The molecule has 0 aliphatic heterocycles. The molecule has 0 heterocycles. The van der Waals surface area contributed by atoms with E-state index in [-0.39, 0.29) is 0 Å². The van der Waals surface area contributed by atoms with Gasteiger partial charge < -0.3 is 9.47 Å². The fraction of sp³-hybridized carbons (Fsp3) is 0.152. The molecule has 184 valence electrons. The fourth-order valence-corrected chi connectivity index (χ4v) is 4.17. The normalized spacial score (nSPS) is 11.3. The summed E-state index contributed by atoms with van der Waals surface area (Å²) in [5.41, 5.74) is 2.29. The van der Waals surface area contributed by atoms with Crippen molar-refractivity contribution in [3.05, 3.63) is 114 Å². The van der Waals surface area contributed by atoms with Gasteiger partial charge in [-0.3, -0.25) is 4.99 Å². The Morgan fingerprint density at radius 2 is 1.41 bits per heavy atom. The highest BCUT2D eigenvalue weighted by atomic mass is 16.5. The molecule has 0 aromatic heterocycles. The molecule has 5 aromatic carbocycles. The summed E-state index contributed by atoms with van der Waals surface area (Å²) in [6.07, 6.45) is 5.15. The van der Waals surface area contributed by atoms with Crippen LogP contribution in [-0.2, 0) is 0 Å².